The zero-order chi connectivity index (χ0) is 23.4. The maximum atomic E-state index is 13.4. The fraction of sp³-hybridized carbons (Fsp3) is 0.348. The Morgan fingerprint density at radius 2 is 2.00 bits per heavy atom. The number of halogens is 1. The highest BCUT2D eigenvalue weighted by molar-refractivity contribution is 8.00. The van der Waals surface area contributed by atoms with Gasteiger partial charge in [-0.25, -0.2) is 4.68 Å². The van der Waals surface area contributed by atoms with Crippen LogP contribution in [0.4, 0.5) is 5.69 Å². The summed E-state index contributed by atoms with van der Waals surface area (Å²) in [6, 6.07) is 12.5. The van der Waals surface area contributed by atoms with E-state index in [4.69, 9.17) is 21.1 Å². The molecule has 2 heterocycles. The molecule has 3 aromatic rings. The van der Waals surface area contributed by atoms with E-state index in [0.717, 1.165) is 30.0 Å². The first kappa shape index (κ1) is 23.3. The maximum absolute atomic E-state index is 13.4. The number of rotatable bonds is 8. The maximum Gasteiger partial charge on any atom is 0.240 e. The van der Waals surface area contributed by atoms with Crippen molar-refractivity contribution in [3.05, 3.63) is 58.9 Å². The Balaban J connectivity index is 1.63. The molecule has 0 saturated heterocycles. The van der Waals surface area contributed by atoms with Gasteiger partial charge in [0.15, 0.2) is 5.82 Å². The normalized spacial score (nSPS) is 17.1. The monoisotopic (exact) mass is 487 g/mol. The van der Waals surface area contributed by atoms with Gasteiger partial charge >= 0.3 is 0 Å². The Kier molecular flexibility index (Phi) is 7.29. The molecule has 8 nitrogen and oxygen atoms in total. The van der Waals surface area contributed by atoms with Gasteiger partial charge in [-0.05, 0) is 55.3 Å². The second kappa shape index (κ2) is 10.4. The molecule has 0 saturated carbocycles. The van der Waals surface area contributed by atoms with Crippen molar-refractivity contribution in [2.45, 2.75) is 43.1 Å². The molecule has 2 N–H and O–H groups in total. The van der Waals surface area contributed by atoms with Crippen LogP contribution in [0.1, 0.15) is 37.7 Å². The first-order valence-corrected chi connectivity index (χ1v) is 12.0. The molecular formula is C23H26ClN5O3S. The van der Waals surface area contributed by atoms with E-state index in [-0.39, 0.29) is 11.9 Å². The predicted octanol–water partition coefficient (Wildman–Crippen LogP) is 4.69. The topological polar surface area (TPSA) is 90.3 Å². The molecule has 33 heavy (non-hydrogen) atoms. The van der Waals surface area contributed by atoms with Gasteiger partial charge in [-0.3, -0.25) is 4.79 Å². The molecule has 2 atom stereocenters. The number of thioether (sulfide) groups is 1. The van der Waals surface area contributed by atoms with Crippen LogP contribution in [0.15, 0.2) is 47.6 Å². The van der Waals surface area contributed by atoms with Crippen molar-refractivity contribution < 1.29 is 14.3 Å². The number of anilines is 1. The van der Waals surface area contributed by atoms with Gasteiger partial charge in [0, 0.05) is 12.1 Å². The number of amides is 1. The zero-order valence-corrected chi connectivity index (χ0v) is 20.2. The molecule has 10 heteroatoms. The minimum absolute atomic E-state index is 0.153. The average Bonchev–Trinajstić information content (AvgIpc) is 3.21. The molecule has 0 unspecified atom stereocenters. The van der Waals surface area contributed by atoms with Gasteiger partial charge in [-0.15, -0.1) is 10.2 Å². The third-order valence-corrected chi connectivity index (χ3v) is 6.71. The first-order valence-electron chi connectivity index (χ1n) is 10.8. The smallest absolute Gasteiger partial charge is 0.240 e. The van der Waals surface area contributed by atoms with E-state index in [0.29, 0.717) is 28.2 Å². The lowest BCUT2D eigenvalue weighted by Gasteiger charge is -2.33. The van der Waals surface area contributed by atoms with E-state index >= 15 is 0 Å². The summed E-state index contributed by atoms with van der Waals surface area (Å²) in [5.41, 5.74) is 5.00. The molecule has 0 fully saturated rings. The number of nitrogens with zero attached hydrogens (tertiary/aromatic N) is 3. The number of nitrogens with one attached hydrogen (secondary N) is 2. The predicted molar refractivity (Wildman–Crippen MR) is 130 cm³/mol. The second-order valence-corrected chi connectivity index (χ2v) is 8.99. The summed E-state index contributed by atoms with van der Waals surface area (Å²) < 4.78 is 12.6. The highest BCUT2D eigenvalue weighted by atomic mass is 35.5. The molecule has 0 bridgehead atoms. The van der Waals surface area contributed by atoms with Gasteiger partial charge in [0.05, 0.1) is 24.8 Å². The Morgan fingerprint density at radius 1 is 1.21 bits per heavy atom. The lowest BCUT2D eigenvalue weighted by molar-refractivity contribution is -0.116. The average molecular weight is 488 g/mol. The highest BCUT2D eigenvalue weighted by Gasteiger charge is 2.38. The Morgan fingerprint density at radius 3 is 2.67 bits per heavy atom. The van der Waals surface area contributed by atoms with Gasteiger partial charge in [0.2, 0.25) is 11.1 Å². The minimum atomic E-state index is -0.507. The minimum Gasteiger partial charge on any atom is -0.495 e. The Bertz CT molecular complexity index is 1120. The molecule has 1 aromatic heterocycles. The van der Waals surface area contributed by atoms with Crippen LogP contribution in [-0.4, -0.2) is 39.7 Å². The number of hydrogen-bond donors (Lipinski definition) is 2. The Labute approximate surface area is 202 Å². The fourth-order valence-corrected chi connectivity index (χ4v) is 4.99. The third-order valence-electron chi connectivity index (χ3n) is 5.20. The van der Waals surface area contributed by atoms with Crippen LogP contribution in [-0.2, 0) is 11.2 Å². The molecule has 4 rings (SSSR count). The van der Waals surface area contributed by atoms with Gasteiger partial charge in [0.1, 0.15) is 16.7 Å². The van der Waals surface area contributed by atoms with Crippen molar-refractivity contribution in [2.75, 3.05) is 24.5 Å². The van der Waals surface area contributed by atoms with Crippen LogP contribution in [0.2, 0.25) is 5.02 Å². The van der Waals surface area contributed by atoms with Gasteiger partial charge in [-0.2, -0.15) is 0 Å². The molecule has 0 radical (unpaired) electrons. The van der Waals surface area contributed by atoms with Crippen LogP contribution in [0.3, 0.4) is 0 Å². The van der Waals surface area contributed by atoms with Crippen LogP contribution in [0, 0.1) is 0 Å². The summed E-state index contributed by atoms with van der Waals surface area (Å²) in [6.45, 7) is 4.60. The number of methoxy groups -OCH3 is 1. The molecule has 174 valence electrons. The van der Waals surface area contributed by atoms with Gasteiger partial charge in [-0.1, -0.05) is 36.4 Å². The first-order chi connectivity index (χ1) is 16.0. The number of fused-ring (bicyclic) bond motifs is 1. The van der Waals surface area contributed by atoms with E-state index in [1.807, 2.05) is 48.0 Å². The van der Waals surface area contributed by atoms with E-state index in [1.165, 1.54) is 11.8 Å². The largest absolute Gasteiger partial charge is 0.495 e. The SMILES string of the molecule is CCCc1nnc2n1N[C@@H](c1ccc(OC)c(Cl)c1)[C@H](C(=O)Nc1ccc(OCC)cc1)S2. The summed E-state index contributed by atoms with van der Waals surface area (Å²) in [7, 11) is 1.57. The molecule has 0 aliphatic carbocycles. The number of benzene rings is 2. The quantitative estimate of drug-likeness (QED) is 0.476. The molecule has 1 aliphatic rings. The van der Waals surface area contributed by atoms with Gasteiger partial charge < -0.3 is 20.2 Å². The van der Waals surface area contributed by atoms with Crippen molar-refractivity contribution in [1.82, 2.24) is 14.9 Å². The molecule has 2 aromatic carbocycles. The van der Waals surface area contributed by atoms with Crippen LogP contribution in [0.5, 0.6) is 11.5 Å². The van der Waals surface area contributed by atoms with Crippen molar-refractivity contribution in [3.8, 4) is 11.5 Å². The lowest BCUT2D eigenvalue weighted by Crippen LogP contribution is -2.41. The summed E-state index contributed by atoms with van der Waals surface area (Å²) in [5, 5.41) is 12.2. The number of aromatic nitrogens is 3. The number of ether oxygens (including phenoxy) is 2. The fourth-order valence-electron chi connectivity index (χ4n) is 3.62. The van der Waals surface area contributed by atoms with E-state index in [1.54, 1.807) is 13.2 Å². The molecular weight excluding hydrogens is 462 g/mol. The summed E-state index contributed by atoms with van der Waals surface area (Å²) in [4.78, 5) is 13.4. The summed E-state index contributed by atoms with van der Waals surface area (Å²) in [6.07, 6.45) is 1.71. The van der Waals surface area contributed by atoms with Crippen LogP contribution >= 0.6 is 23.4 Å². The third kappa shape index (κ3) is 5.04. The van der Waals surface area contributed by atoms with E-state index < -0.39 is 5.25 Å². The van der Waals surface area contributed by atoms with E-state index in [2.05, 4.69) is 27.9 Å². The standard InChI is InChI=1S/C23H26ClN5O3S/c1-4-6-19-26-27-23-29(19)28-20(14-7-12-18(31-3)17(24)13-14)21(33-23)22(30)25-15-8-10-16(11-9-15)32-5-2/h7-13,20-21,28H,4-6H2,1-3H3,(H,25,30)/t20-,21+/m0/s1. The number of carbonyl (C=O) groups is 1. The number of hydrogen-bond acceptors (Lipinski definition) is 7. The highest BCUT2D eigenvalue weighted by Crippen LogP contribution is 2.39. The number of aryl methyl sites for hydroxylation is 1. The molecule has 1 amide bonds. The number of carbonyl (C=O) groups excluding carboxylic acids is 1. The summed E-state index contributed by atoms with van der Waals surface area (Å²) >= 11 is 7.78. The van der Waals surface area contributed by atoms with Gasteiger partial charge in [0.25, 0.3) is 0 Å². The van der Waals surface area contributed by atoms with Crippen molar-refractivity contribution in [3.63, 3.8) is 0 Å². The molecule has 1 aliphatic heterocycles. The van der Waals surface area contributed by atoms with Crippen molar-refractivity contribution in [2.24, 2.45) is 0 Å². The summed E-state index contributed by atoms with van der Waals surface area (Å²) in [5.74, 6) is 2.01. The Hall–Kier alpha value is -2.91. The second-order valence-electron chi connectivity index (χ2n) is 7.47. The zero-order valence-electron chi connectivity index (χ0n) is 18.7. The lowest BCUT2D eigenvalue weighted by atomic mass is 10.0. The van der Waals surface area contributed by atoms with E-state index in [9.17, 15) is 4.79 Å². The van der Waals surface area contributed by atoms with Crippen molar-refractivity contribution >= 4 is 35.0 Å². The molecule has 0 spiro atoms. The van der Waals surface area contributed by atoms with Crippen LogP contribution < -0.4 is 20.2 Å². The van der Waals surface area contributed by atoms with Crippen molar-refractivity contribution in [1.29, 1.82) is 0 Å². The van der Waals surface area contributed by atoms with Crippen LogP contribution in [0.25, 0.3) is 0 Å².